The lowest BCUT2D eigenvalue weighted by molar-refractivity contribution is 0.286. The van der Waals surface area contributed by atoms with Gasteiger partial charge in [0.05, 0.1) is 13.7 Å². The molecule has 1 rings (SSSR count). The van der Waals surface area contributed by atoms with Gasteiger partial charge in [-0.25, -0.2) is 0 Å². The monoisotopic (exact) mass is 223 g/mol. The van der Waals surface area contributed by atoms with Crippen molar-refractivity contribution in [1.82, 2.24) is 5.32 Å². The molecule has 0 amide bonds. The van der Waals surface area contributed by atoms with Crippen LogP contribution in [0.3, 0.4) is 0 Å². The SMILES string of the molecule is CCNCCCCOc1ccccc1OC. The Labute approximate surface area is 97.8 Å². The molecule has 0 spiro atoms. The molecule has 0 radical (unpaired) electrons. The maximum Gasteiger partial charge on any atom is 0.161 e. The maximum absolute atomic E-state index is 5.66. The first-order chi connectivity index (χ1) is 7.88. The molecule has 0 aliphatic heterocycles. The number of rotatable bonds is 8. The second-order valence-electron chi connectivity index (χ2n) is 3.56. The molecule has 90 valence electrons. The second-order valence-corrected chi connectivity index (χ2v) is 3.56. The van der Waals surface area contributed by atoms with Gasteiger partial charge in [0.15, 0.2) is 11.5 Å². The highest BCUT2D eigenvalue weighted by Crippen LogP contribution is 2.25. The minimum absolute atomic E-state index is 0.742. The van der Waals surface area contributed by atoms with Gasteiger partial charge in [-0.2, -0.15) is 0 Å². The Bertz CT molecular complexity index is 289. The molecule has 3 heteroatoms. The molecular formula is C13H21NO2. The highest BCUT2D eigenvalue weighted by molar-refractivity contribution is 5.39. The molecule has 3 nitrogen and oxygen atoms in total. The number of para-hydroxylation sites is 2. The summed E-state index contributed by atoms with van der Waals surface area (Å²) in [6, 6.07) is 7.74. The van der Waals surface area contributed by atoms with Crippen molar-refractivity contribution in [2.45, 2.75) is 19.8 Å². The van der Waals surface area contributed by atoms with Crippen LogP contribution in [0.25, 0.3) is 0 Å². The van der Waals surface area contributed by atoms with Gasteiger partial charge < -0.3 is 14.8 Å². The van der Waals surface area contributed by atoms with Crippen LogP contribution in [-0.2, 0) is 0 Å². The number of unbranched alkanes of at least 4 members (excludes halogenated alkanes) is 1. The van der Waals surface area contributed by atoms with Gasteiger partial charge >= 0.3 is 0 Å². The predicted molar refractivity (Wildman–Crippen MR) is 66.3 cm³/mol. The zero-order valence-corrected chi connectivity index (χ0v) is 10.2. The number of nitrogens with one attached hydrogen (secondary N) is 1. The molecule has 0 bridgehead atoms. The van der Waals surface area contributed by atoms with Crippen molar-refractivity contribution in [3.8, 4) is 11.5 Å². The fourth-order valence-corrected chi connectivity index (χ4v) is 1.45. The summed E-state index contributed by atoms with van der Waals surface area (Å²) < 4.78 is 10.9. The van der Waals surface area contributed by atoms with Crippen molar-refractivity contribution in [2.24, 2.45) is 0 Å². The minimum Gasteiger partial charge on any atom is -0.493 e. The first-order valence-corrected chi connectivity index (χ1v) is 5.85. The van der Waals surface area contributed by atoms with Crippen LogP contribution in [0.5, 0.6) is 11.5 Å². The van der Waals surface area contributed by atoms with E-state index in [1.807, 2.05) is 24.3 Å². The number of hydrogen-bond donors (Lipinski definition) is 1. The number of benzene rings is 1. The molecule has 0 saturated heterocycles. The van der Waals surface area contributed by atoms with Gasteiger partial charge in [0.25, 0.3) is 0 Å². The van der Waals surface area contributed by atoms with Crippen molar-refractivity contribution in [3.05, 3.63) is 24.3 Å². The van der Waals surface area contributed by atoms with E-state index in [2.05, 4.69) is 12.2 Å². The van der Waals surface area contributed by atoms with Crippen LogP contribution >= 0.6 is 0 Å². The first-order valence-electron chi connectivity index (χ1n) is 5.85. The summed E-state index contributed by atoms with van der Waals surface area (Å²) in [6.07, 6.45) is 2.20. The third kappa shape index (κ3) is 4.53. The molecule has 0 saturated carbocycles. The summed E-state index contributed by atoms with van der Waals surface area (Å²) in [4.78, 5) is 0. The van der Waals surface area contributed by atoms with Crippen LogP contribution in [0.2, 0.25) is 0 Å². The summed E-state index contributed by atoms with van der Waals surface area (Å²) >= 11 is 0. The molecule has 0 aliphatic rings. The van der Waals surface area contributed by atoms with Crippen molar-refractivity contribution >= 4 is 0 Å². The van der Waals surface area contributed by atoms with Gasteiger partial charge in [-0.05, 0) is 38.1 Å². The lowest BCUT2D eigenvalue weighted by atomic mass is 10.3. The summed E-state index contributed by atoms with van der Waals surface area (Å²) in [6.45, 7) is 4.95. The Morgan fingerprint density at radius 3 is 2.56 bits per heavy atom. The molecular weight excluding hydrogens is 202 g/mol. The van der Waals surface area contributed by atoms with E-state index in [1.165, 1.54) is 0 Å². The average Bonchev–Trinajstić information content (AvgIpc) is 2.34. The van der Waals surface area contributed by atoms with Crippen LogP contribution in [0.4, 0.5) is 0 Å². The predicted octanol–water partition coefficient (Wildman–Crippen LogP) is 2.46. The van der Waals surface area contributed by atoms with Gasteiger partial charge in [-0.15, -0.1) is 0 Å². The maximum atomic E-state index is 5.66. The fourth-order valence-electron chi connectivity index (χ4n) is 1.45. The Kier molecular flexibility index (Phi) is 6.42. The highest BCUT2D eigenvalue weighted by atomic mass is 16.5. The van der Waals surface area contributed by atoms with Gasteiger partial charge in [0.2, 0.25) is 0 Å². The molecule has 16 heavy (non-hydrogen) atoms. The zero-order valence-electron chi connectivity index (χ0n) is 10.2. The van der Waals surface area contributed by atoms with Crippen molar-refractivity contribution in [1.29, 1.82) is 0 Å². The Balaban J connectivity index is 2.21. The van der Waals surface area contributed by atoms with Crippen LogP contribution in [0.15, 0.2) is 24.3 Å². The molecule has 0 fully saturated rings. The van der Waals surface area contributed by atoms with Crippen molar-refractivity contribution < 1.29 is 9.47 Å². The molecule has 0 aromatic heterocycles. The van der Waals surface area contributed by atoms with E-state index >= 15 is 0 Å². The first kappa shape index (κ1) is 12.8. The molecule has 0 heterocycles. The lowest BCUT2D eigenvalue weighted by Crippen LogP contribution is -2.14. The lowest BCUT2D eigenvalue weighted by Gasteiger charge is -2.10. The quantitative estimate of drug-likeness (QED) is 0.687. The molecule has 0 atom stereocenters. The van der Waals surface area contributed by atoms with E-state index in [1.54, 1.807) is 7.11 Å². The fraction of sp³-hybridized carbons (Fsp3) is 0.538. The number of ether oxygens (including phenoxy) is 2. The van der Waals surface area contributed by atoms with Crippen LogP contribution in [0.1, 0.15) is 19.8 Å². The summed E-state index contributed by atoms with van der Waals surface area (Å²) in [5.74, 6) is 1.63. The molecule has 0 unspecified atom stereocenters. The largest absolute Gasteiger partial charge is 0.493 e. The van der Waals surface area contributed by atoms with Crippen LogP contribution in [-0.4, -0.2) is 26.8 Å². The van der Waals surface area contributed by atoms with Gasteiger partial charge in [0.1, 0.15) is 0 Å². The van der Waals surface area contributed by atoms with Crippen molar-refractivity contribution in [2.75, 3.05) is 26.8 Å². The normalized spacial score (nSPS) is 10.1. The van der Waals surface area contributed by atoms with E-state index in [0.717, 1.165) is 44.0 Å². The van der Waals surface area contributed by atoms with Crippen LogP contribution in [0, 0.1) is 0 Å². The summed E-state index contributed by atoms with van der Waals surface area (Å²) in [5.41, 5.74) is 0. The molecule has 1 aromatic carbocycles. The minimum atomic E-state index is 0.742. The zero-order chi connectivity index (χ0) is 11.6. The van der Waals surface area contributed by atoms with Crippen molar-refractivity contribution in [3.63, 3.8) is 0 Å². The van der Waals surface area contributed by atoms with E-state index in [-0.39, 0.29) is 0 Å². The Morgan fingerprint density at radius 2 is 1.88 bits per heavy atom. The topological polar surface area (TPSA) is 30.5 Å². The standard InChI is InChI=1S/C13H21NO2/c1-3-14-10-6-7-11-16-13-9-5-4-8-12(13)15-2/h4-5,8-9,14H,3,6-7,10-11H2,1-2H3. The highest BCUT2D eigenvalue weighted by Gasteiger charge is 2.01. The summed E-state index contributed by atoms with van der Waals surface area (Å²) in [7, 11) is 1.66. The van der Waals surface area contributed by atoms with Gasteiger partial charge in [-0.1, -0.05) is 19.1 Å². The second kappa shape index (κ2) is 7.99. The summed E-state index contributed by atoms with van der Waals surface area (Å²) in [5, 5.41) is 3.29. The van der Waals surface area contributed by atoms with Gasteiger partial charge in [0, 0.05) is 0 Å². The Morgan fingerprint density at radius 1 is 1.12 bits per heavy atom. The van der Waals surface area contributed by atoms with E-state index in [4.69, 9.17) is 9.47 Å². The van der Waals surface area contributed by atoms with E-state index in [9.17, 15) is 0 Å². The van der Waals surface area contributed by atoms with E-state index < -0.39 is 0 Å². The number of hydrogen-bond acceptors (Lipinski definition) is 3. The van der Waals surface area contributed by atoms with Crippen LogP contribution < -0.4 is 14.8 Å². The Hall–Kier alpha value is -1.22. The van der Waals surface area contributed by atoms with E-state index in [0.29, 0.717) is 0 Å². The van der Waals surface area contributed by atoms with Gasteiger partial charge in [-0.3, -0.25) is 0 Å². The molecule has 1 N–H and O–H groups in total. The number of methoxy groups -OCH3 is 1. The average molecular weight is 223 g/mol. The molecule has 1 aromatic rings. The third-order valence-electron chi connectivity index (χ3n) is 2.32. The third-order valence-corrected chi connectivity index (χ3v) is 2.32. The molecule has 0 aliphatic carbocycles. The smallest absolute Gasteiger partial charge is 0.161 e.